The van der Waals surface area contributed by atoms with Crippen molar-refractivity contribution >= 4 is 11.3 Å². The molecule has 0 spiro atoms. The molecule has 1 heterocycles. The molecule has 0 amide bonds. The maximum atomic E-state index is 5.64. The topological polar surface area (TPSA) is 29.3 Å². The van der Waals surface area contributed by atoms with Crippen molar-refractivity contribution in [3.63, 3.8) is 0 Å². The van der Waals surface area contributed by atoms with E-state index in [9.17, 15) is 0 Å². The van der Waals surface area contributed by atoms with Crippen molar-refractivity contribution in [1.82, 2.24) is 4.90 Å². The lowest BCUT2D eigenvalue weighted by Crippen LogP contribution is -2.42. The van der Waals surface area contributed by atoms with Gasteiger partial charge in [0.05, 0.1) is 0 Å². The summed E-state index contributed by atoms with van der Waals surface area (Å²) in [5, 5.41) is 2.15. The molecule has 0 saturated heterocycles. The zero-order valence-corrected chi connectivity index (χ0v) is 9.30. The highest BCUT2D eigenvalue weighted by molar-refractivity contribution is 7.09. The van der Waals surface area contributed by atoms with Crippen molar-refractivity contribution in [3.8, 4) is 0 Å². The second-order valence-corrected chi connectivity index (χ2v) is 4.96. The zero-order chi connectivity index (χ0) is 9.80. The minimum Gasteiger partial charge on any atom is -0.329 e. The van der Waals surface area contributed by atoms with Crippen LogP contribution in [0, 0.1) is 0 Å². The van der Waals surface area contributed by atoms with Crippen LogP contribution in [0.3, 0.4) is 0 Å². The molecule has 14 heavy (non-hydrogen) atoms. The maximum Gasteiger partial charge on any atom is 0.0331 e. The fourth-order valence-electron chi connectivity index (χ4n) is 1.91. The van der Waals surface area contributed by atoms with E-state index in [1.165, 1.54) is 24.1 Å². The number of nitrogens with two attached hydrogens (primary N) is 1. The third kappa shape index (κ3) is 2.35. The van der Waals surface area contributed by atoms with E-state index in [0.717, 1.165) is 25.7 Å². The molecule has 0 unspecified atom stereocenters. The van der Waals surface area contributed by atoms with Crippen molar-refractivity contribution < 1.29 is 0 Å². The van der Waals surface area contributed by atoms with E-state index < -0.39 is 0 Å². The van der Waals surface area contributed by atoms with Gasteiger partial charge >= 0.3 is 0 Å². The second kappa shape index (κ2) is 4.91. The summed E-state index contributed by atoms with van der Waals surface area (Å²) in [5.41, 5.74) is 5.64. The van der Waals surface area contributed by atoms with Crippen LogP contribution >= 0.6 is 11.3 Å². The Bertz CT molecular complexity index is 254. The van der Waals surface area contributed by atoms with Gasteiger partial charge in [-0.05, 0) is 24.3 Å². The Labute approximate surface area is 89.7 Å². The van der Waals surface area contributed by atoms with Gasteiger partial charge in [-0.1, -0.05) is 12.5 Å². The van der Waals surface area contributed by atoms with Gasteiger partial charge < -0.3 is 5.73 Å². The third-order valence-electron chi connectivity index (χ3n) is 2.95. The SMILES string of the molecule is NCCN(Cc1cccs1)C1CCC1. The van der Waals surface area contributed by atoms with E-state index in [1.54, 1.807) is 0 Å². The van der Waals surface area contributed by atoms with Crippen LogP contribution in [0.25, 0.3) is 0 Å². The smallest absolute Gasteiger partial charge is 0.0331 e. The Morgan fingerprint density at radius 2 is 2.36 bits per heavy atom. The van der Waals surface area contributed by atoms with Crippen LogP contribution in [0.1, 0.15) is 24.1 Å². The summed E-state index contributed by atoms with van der Waals surface area (Å²) in [6.07, 6.45) is 4.13. The van der Waals surface area contributed by atoms with E-state index in [4.69, 9.17) is 5.73 Å². The second-order valence-electron chi connectivity index (χ2n) is 3.92. The Hall–Kier alpha value is -0.380. The Morgan fingerprint density at radius 1 is 1.50 bits per heavy atom. The van der Waals surface area contributed by atoms with Crippen LogP contribution in [0.4, 0.5) is 0 Å². The lowest BCUT2D eigenvalue weighted by molar-refractivity contribution is 0.124. The van der Waals surface area contributed by atoms with Crippen LogP contribution in [0.2, 0.25) is 0 Å². The first-order valence-electron chi connectivity index (χ1n) is 5.36. The average molecular weight is 210 g/mol. The van der Waals surface area contributed by atoms with Crippen molar-refractivity contribution in [3.05, 3.63) is 22.4 Å². The van der Waals surface area contributed by atoms with Gasteiger partial charge in [-0.15, -0.1) is 11.3 Å². The van der Waals surface area contributed by atoms with Crippen LogP contribution in [0.15, 0.2) is 17.5 Å². The number of hydrogen-bond donors (Lipinski definition) is 1. The molecule has 3 heteroatoms. The summed E-state index contributed by atoms with van der Waals surface area (Å²) in [4.78, 5) is 4.00. The standard InChI is InChI=1S/C11H18N2S/c12-6-7-13(10-3-1-4-10)9-11-5-2-8-14-11/h2,5,8,10H,1,3-4,6-7,9,12H2. The Morgan fingerprint density at radius 3 is 2.86 bits per heavy atom. The molecule has 1 aromatic heterocycles. The van der Waals surface area contributed by atoms with Crippen molar-refractivity contribution in [1.29, 1.82) is 0 Å². The predicted molar refractivity (Wildman–Crippen MR) is 61.4 cm³/mol. The minimum atomic E-state index is 0.780. The number of rotatable bonds is 5. The summed E-state index contributed by atoms with van der Waals surface area (Å²) < 4.78 is 0. The van der Waals surface area contributed by atoms with E-state index in [0.29, 0.717) is 0 Å². The number of hydrogen-bond acceptors (Lipinski definition) is 3. The van der Waals surface area contributed by atoms with Crippen LogP contribution in [0.5, 0.6) is 0 Å². The average Bonchev–Trinajstić information content (AvgIpc) is 2.54. The van der Waals surface area contributed by atoms with Gasteiger partial charge in [0.2, 0.25) is 0 Å². The molecule has 1 aliphatic rings. The Balaban J connectivity index is 1.89. The van der Waals surface area contributed by atoms with Gasteiger partial charge in [0.1, 0.15) is 0 Å². The fourth-order valence-corrected chi connectivity index (χ4v) is 2.64. The van der Waals surface area contributed by atoms with E-state index in [2.05, 4.69) is 22.4 Å². The summed E-state index contributed by atoms with van der Waals surface area (Å²) in [5.74, 6) is 0. The van der Waals surface area contributed by atoms with Crippen molar-refractivity contribution in [2.45, 2.75) is 31.8 Å². The minimum absolute atomic E-state index is 0.780. The van der Waals surface area contributed by atoms with Gasteiger partial charge in [-0.2, -0.15) is 0 Å². The normalized spacial score (nSPS) is 17.3. The van der Waals surface area contributed by atoms with E-state index >= 15 is 0 Å². The van der Waals surface area contributed by atoms with Gasteiger partial charge in [0.25, 0.3) is 0 Å². The zero-order valence-electron chi connectivity index (χ0n) is 8.48. The molecule has 0 atom stereocenters. The van der Waals surface area contributed by atoms with E-state index in [-0.39, 0.29) is 0 Å². The molecule has 2 rings (SSSR count). The number of nitrogens with zero attached hydrogens (tertiary/aromatic N) is 1. The molecule has 0 bridgehead atoms. The van der Waals surface area contributed by atoms with Crippen molar-refractivity contribution in [2.75, 3.05) is 13.1 Å². The molecule has 0 aliphatic heterocycles. The highest BCUT2D eigenvalue weighted by Gasteiger charge is 2.24. The first-order chi connectivity index (χ1) is 6.90. The first kappa shape index (κ1) is 10.1. The summed E-state index contributed by atoms with van der Waals surface area (Å²) in [6, 6.07) is 5.15. The van der Waals surface area contributed by atoms with E-state index in [1.807, 2.05) is 11.3 Å². The van der Waals surface area contributed by atoms with Crippen molar-refractivity contribution in [2.24, 2.45) is 5.73 Å². The predicted octanol–water partition coefficient (Wildman–Crippen LogP) is 2.06. The van der Waals surface area contributed by atoms with Gasteiger partial charge in [-0.25, -0.2) is 0 Å². The lowest BCUT2D eigenvalue weighted by atomic mass is 9.91. The Kier molecular flexibility index (Phi) is 3.56. The third-order valence-corrected chi connectivity index (χ3v) is 3.81. The molecule has 1 aromatic rings. The van der Waals surface area contributed by atoms with Crippen LogP contribution in [-0.2, 0) is 6.54 Å². The first-order valence-corrected chi connectivity index (χ1v) is 6.24. The molecular weight excluding hydrogens is 192 g/mol. The maximum absolute atomic E-state index is 5.64. The summed E-state index contributed by atoms with van der Waals surface area (Å²) >= 11 is 1.85. The van der Waals surface area contributed by atoms with Gasteiger partial charge in [0, 0.05) is 30.6 Å². The van der Waals surface area contributed by atoms with Gasteiger partial charge in [0.15, 0.2) is 0 Å². The highest BCUT2D eigenvalue weighted by atomic mass is 32.1. The molecule has 1 saturated carbocycles. The molecule has 2 nitrogen and oxygen atoms in total. The molecule has 1 aliphatic carbocycles. The van der Waals surface area contributed by atoms with Crippen LogP contribution in [-0.4, -0.2) is 24.0 Å². The van der Waals surface area contributed by atoms with Crippen LogP contribution < -0.4 is 5.73 Å². The lowest BCUT2D eigenvalue weighted by Gasteiger charge is -2.37. The summed E-state index contributed by atoms with van der Waals surface area (Å²) in [6.45, 7) is 2.92. The highest BCUT2D eigenvalue weighted by Crippen LogP contribution is 2.26. The number of thiophene rings is 1. The largest absolute Gasteiger partial charge is 0.329 e. The molecule has 0 aromatic carbocycles. The van der Waals surface area contributed by atoms with Gasteiger partial charge in [-0.3, -0.25) is 4.90 Å². The summed E-state index contributed by atoms with van der Waals surface area (Å²) in [7, 11) is 0. The molecular formula is C11H18N2S. The monoisotopic (exact) mass is 210 g/mol. The molecule has 78 valence electrons. The quantitative estimate of drug-likeness (QED) is 0.806. The molecule has 2 N–H and O–H groups in total. The fraction of sp³-hybridized carbons (Fsp3) is 0.636. The molecule has 0 radical (unpaired) electrons. The molecule has 1 fully saturated rings.